The number of aromatic nitrogens is 3. The van der Waals surface area contributed by atoms with Gasteiger partial charge in [-0.25, -0.2) is 0 Å². The van der Waals surface area contributed by atoms with Crippen LogP contribution in [0.2, 0.25) is 0 Å². The van der Waals surface area contributed by atoms with Gasteiger partial charge in [-0.05, 0) is 67.6 Å². The number of methoxy groups -OCH3 is 2. The van der Waals surface area contributed by atoms with Crippen molar-refractivity contribution in [3.05, 3.63) is 35.9 Å². The first-order valence-corrected chi connectivity index (χ1v) is 14.8. The first kappa shape index (κ1) is 28.9. The third kappa shape index (κ3) is 7.00. The third-order valence-corrected chi connectivity index (χ3v) is 8.78. The molecule has 0 saturated carbocycles. The van der Waals surface area contributed by atoms with Crippen LogP contribution >= 0.6 is 0 Å². The molecular weight excluding hydrogens is 524 g/mol. The second kappa shape index (κ2) is 13.4. The van der Waals surface area contributed by atoms with E-state index in [2.05, 4.69) is 26.5 Å². The van der Waals surface area contributed by atoms with Crippen molar-refractivity contribution in [1.82, 2.24) is 29.9 Å². The van der Waals surface area contributed by atoms with Crippen molar-refractivity contribution < 1.29 is 23.9 Å². The van der Waals surface area contributed by atoms with E-state index in [1.165, 1.54) is 0 Å². The predicted octanol–water partition coefficient (Wildman–Crippen LogP) is 2.23. The number of piperidine rings is 2. The molecule has 5 rings (SSSR count). The highest BCUT2D eigenvalue weighted by atomic mass is 16.5. The number of nitrogens with zero attached hydrogens (tertiary/aromatic N) is 5. The number of ether oxygens (including phenoxy) is 2. The molecule has 1 N–H and O–H groups in total. The maximum atomic E-state index is 13.8. The van der Waals surface area contributed by atoms with E-state index in [0.29, 0.717) is 76.3 Å². The Labute approximate surface area is 241 Å². The van der Waals surface area contributed by atoms with E-state index in [1.54, 1.807) is 26.9 Å². The molecule has 2 aromatic rings. The number of nitrogens with one attached hydrogen (secondary N) is 1. The van der Waals surface area contributed by atoms with E-state index in [9.17, 15) is 14.4 Å². The Balaban J connectivity index is 1.32. The number of aryl methyl sites for hydroxylation is 3. The quantitative estimate of drug-likeness (QED) is 0.590. The Morgan fingerprint density at radius 1 is 1.00 bits per heavy atom. The zero-order valence-electron chi connectivity index (χ0n) is 24.2. The molecule has 2 saturated heterocycles. The summed E-state index contributed by atoms with van der Waals surface area (Å²) in [6.07, 6.45) is 9.13. The molecule has 3 amide bonds. The summed E-state index contributed by atoms with van der Waals surface area (Å²) in [6.45, 7) is 3.13. The van der Waals surface area contributed by atoms with E-state index in [-0.39, 0.29) is 35.6 Å². The van der Waals surface area contributed by atoms with Crippen LogP contribution in [-0.4, -0.2) is 88.7 Å². The Bertz CT molecular complexity index is 1220. The van der Waals surface area contributed by atoms with Gasteiger partial charge in [0.2, 0.25) is 17.7 Å². The van der Waals surface area contributed by atoms with Crippen LogP contribution in [0.25, 0.3) is 0 Å². The lowest BCUT2D eigenvalue weighted by Gasteiger charge is -2.51. The molecule has 11 heteroatoms. The van der Waals surface area contributed by atoms with Crippen LogP contribution in [0, 0.1) is 11.8 Å². The van der Waals surface area contributed by atoms with Crippen molar-refractivity contribution in [1.29, 1.82) is 0 Å². The van der Waals surface area contributed by atoms with Gasteiger partial charge in [0.25, 0.3) is 0 Å². The summed E-state index contributed by atoms with van der Waals surface area (Å²) in [7, 11) is 3.26. The molecule has 2 fully saturated rings. The highest BCUT2D eigenvalue weighted by Gasteiger charge is 2.43. The number of fused-ring (bicyclic) bond motifs is 6. The number of rotatable bonds is 5. The first-order valence-electron chi connectivity index (χ1n) is 14.8. The standard InChI is InChI=1S/C30H42N6O5/c1-40-26-15-21-8-9-29(39)36-17-22-14-24(18-35(16-22)28(38)10-12-34-19-32-33-20-34)25(36)6-3-7-27(37)31-11-4-5-23(13-21)30(26)41-2/h13,15,19-20,22,24-25H,3-12,14,16-18H2,1-2H3,(H,31,37)/t22-,24+,25-/m0/s1. The smallest absolute Gasteiger partial charge is 0.224 e. The van der Waals surface area contributed by atoms with Gasteiger partial charge in [0, 0.05) is 58.0 Å². The zero-order chi connectivity index (χ0) is 28.8. The van der Waals surface area contributed by atoms with Crippen LogP contribution in [0.15, 0.2) is 24.8 Å². The van der Waals surface area contributed by atoms with Gasteiger partial charge in [0.05, 0.1) is 14.2 Å². The van der Waals surface area contributed by atoms with Crippen molar-refractivity contribution >= 4 is 17.7 Å². The van der Waals surface area contributed by atoms with E-state index in [1.807, 2.05) is 15.5 Å². The van der Waals surface area contributed by atoms with Crippen molar-refractivity contribution in [2.45, 2.75) is 70.4 Å². The van der Waals surface area contributed by atoms with Crippen LogP contribution in [-0.2, 0) is 33.8 Å². The van der Waals surface area contributed by atoms with Gasteiger partial charge in [0.15, 0.2) is 11.5 Å². The maximum Gasteiger partial charge on any atom is 0.224 e. The Hall–Kier alpha value is -3.63. The number of carbonyl (C=O) groups is 3. The van der Waals surface area contributed by atoms with Gasteiger partial charge in [-0.1, -0.05) is 6.07 Å². The summed E-state index contributed by atoms with van der Waals surface area (Å²) in [5.41, 5.74) is 2.07. The zero-order valence-corrected chi connectivity index (χ0v) is 24.2. The van der Waals surface area contributed by atoms with Gasteiger partial charge in [-0.2, -0.15) is 0 Å². The lowest BCUT2D eigenvalue weighted by molar-refractivity contribution is -0.145. The van der Waals surface area contributed by atoms with Crippen molar-refractivity contribution in [3.8, 4) is 11.5 Å². The third-order valence-electron chi connectivity index (χ3n) is 8.78. The lowest BCUT2D eigenvalue weighted by atomic mass is 9.77. The van der Waals surface area contributed by atoms with E-state index < -0.39 is 0 Å². The summed E-state index contributed by atoms with van der Waals surface area (Å²) in [5, 5.41) is 10.7. The number of amides is 3. The molecule has 0 radical (unpaired) electrons. The predicted molar refractivity (Wildman–Crippen MR) is 151 cm³/mol. The largest absolute Gasteiger partial charge is 0.493 e. The van der Waals surface area contributed by atoms with Gasteiger partial charge in [-0.3, -0.25) is 14.4 Å². The number of hydrogen-bond donors (Lipinski definition) is 1. The molecule has 1 aromatic carbocycles. The average molecular weight is 567 g/mol. The van der Waals surface area contributed by atoms with E-state index >= 15 is 0 Å². The molecule has 0 unspecified atom stereocenters. The molecule has 3 atom stereocenters. The second-order valence-corrected chi connectivity index (χ2v) is 11.6. The SMILES string of the molecule is COc1cc2cc(c1OC)CCCNC(=O)CCC[C@H]1[C@@H]3C[C@@H](CN(C(=O)CCn4cnnc4)C3)CN1C(=O)CC2. The van der Waals surface area contributed by atoms with Gasteiger partial charge in [-0.15, -0.1) is 10.2 Å². The van der Waals surface area contributed by atoms with Gasteiger partial charge < -0.3 is 29.2 Å². The van der Waals surface area contributed by atoms with E-state index in [4.69, 9.17) is 9.47 Å². The summed E-state index contributed by atoms with van der Waals surface area (Å²) >= 11 is 0. The minimum atomic E-state index is 0.0221. The molecule has 0 aliphatic carbocycles. The second-order valence-electron chi connectivity index (χ2n) is 11.6. The van der Waals surface area contributed by atoms with Crippen molar-refractivity contribution in [2.75, 3.05) is 40.4 Å². The molecule has 1 aromatic heterocycles. The average Bonchev–Trinajstić information content (AvgIpc) is 3.50. The molecule has 4 bridgehead atoms. The minimum absolute atomic E-state index is 0.0221. The van der Waals surface area contributed by atoms with E-state index in [0.717, 1.165) is 36.8 Å². The summed E-state index contributed by atoms with van der Waals surface area (Å²) in [6, 6.07) is 4.09. The normalized spacial score (nSPS) is 23.9. The molecule has 3 aliphatic rings. The fraction of sp³-hybridized carbons (Fsp3) is 0.633. The Kier molecular flexibility index (Phi) is 9.41. The molecule has 4 heterocycles. The highest BCUT2D eigenvalue weighted by molar-refractivity contribution is 5.78. The maximum absolute atomic E-state index is 13.8. The fourth-order valence-electron chi connectivity index (χ4n) is 6.83. The van der Waals surface area contributed by atoms with Crippen LogP contribution in [0.3, 0.4) is 0 Å². The first-order chi connectivity index (χ1) is 19.9. The molecule has 41 heavy (non-hydrogen) atoms. The molecule has 11 nitrogen and oxygen atoms in total. The molecule has 0 spiro atoms. The fourth-order valence-corrected chi connectivity index (χ4v) is 6.83. The van der Waals surface area contributed by atoms with Crippen molar-refractivity contribution in [3.63, 3.8) is 0 Å². The Morgan fingerprint density at radius 2 is 1.83 bits per heavy atom. The summed E-state index contributed by atoms with van der Waals surface area (Å²) in [5.74, 6) is 2.15. The van der Waals surface area contributed by atoms with Crippen LogP contribution in [0.5, 0.6) is 11.5 Å². The van der Waals surface area contributed by atoms with Crippen molar-refractivity contribution in [2.24, 2.45) is 11.8 Å². The van der Waals surface area contributed by atoms with Gasteiger partial charge in [0.1, 0.15) is 12.7 Å². The lowest BCUT2D eigenvalue weighted by Crippen LogP contribution is -2.60. The molecular formula is C30H42N6O5. The summed E-state index contributed by atoms with van der Waals surface area (Å²) < 4.78 is 13.1. The van der Waals surface area contributed by atoms with Crippen LogP contribution in [0.4, 0.5) is 0 Å². The number of benzene rings is 1. The molecule has 3 aliphatic heterocycles. The number of carbonyl (C=O) groups excluding carboxylic acids is 3. The summed E-state index contributed by atoms with van der Waals surface area (Å²) in [4.78, 5) is 43.6. The topological polar surface area (TPSA) is 119 Å². The molecule has 222 valence electrons. The van der Waals surface area contributed by atoms with Gasteiger partial charge >= 0.3 is 0 Å². The number of likely N-dealkylation sites (tertiary alicyclic amines) is 1. The monoisotopic (exact) mass is 566 g/mol. The van der Waals surface area contributed by atoms with Crippen LogP contribution in [0.1, 0.15) is 56.1 Å². The minimum Gasteiger partial charge on any atom is -0.493 e. The Morgan fingerprint density at radius 3 is 2.61 bits per heavy atom. The van der Waals surface area contributed by atoms with Crippen LogP contribution < -0.4 is 14.8 Å². The highest BCUT2D eigenvalue weighted by Crippen LogP contribution is 2.37. The number of hydrogen-bond acceptors (Lipinski definition) is 7.